The molecule has 7 nitrogen and oxygen atoms in total. The molecule has 28 heavy (non-hydrogen) atoms. The predicted molar refractivity (Wildman–Crippen MR) is 107 cm³/mol. The second-order valence-corrected chi connectivity index (χ2v) is 7.72. The fourth-order valence-electron chi connectivity index (χ4n) is 3.94. The van der Waals surface area contributed by atoms with Gasteiger partial charge in [0.25, 0.3) is 5.91 Å². The van der Waals surface area contributed by atoms with Crippen molar-refractivity contribution in [2.75, 3.05) is 6.54 Å². The molecule has 2 fully saturated rings. The Balaban J connectivity index is 1.58. The zero-order valence-corrected chi connectivity index (χ0v) is 16.0. The molecule has 3 heterocycles. The van der Waals surface area contributed by atoms with Crippen LogP contribution in [0.15, 0.2) is 29.3 Å². The smallest absolute Gasteiger partial charge is 0.273 e. The molecule has 0 spiro atoms. The maximum atomic E-state index is 12.5. The summed E-state index contributed by atoms with van der Waals surface area (Å²) in [5.41, 5.74) is 9.48. The third-order valence-electron chi connectivity index (χ3n) is 5.60. The maximum absolute atomic E-state index is 12.5. The Morgan fingerprint density at radius 1 is 1.21 bits per heavy atom. The Labute approximate surface area is 163 Å². The van der Waals surface area contributed by atoms with E-state index in [1.165, 1.54) is 42.5 Å². The summed E-state index contributed by atoms with van der Waals surface area (Å²) in [7, 11) is 0. The van der Waals surface area contributed by atoms with Gasteiger partial charge in [-0.1, -0.05) is 6.92 Å². The number of carbonyl (C=O) groups excluding carboxylic acids is 1. The Hall–Kier alpha value is -2.80. The van der Waals surface area contributed by atoms with Crippen LogP contribution in [0.5, 0.6) is 0 Å². The molecule has 3 N–H and O–H groups in total. The van der Waals surface area contributed by atoms with Crippen LogP contribution in [0.2, 0.25) is 0 Å². The Bertz CT molecular complexity index is 966. The van der Waals surface area contributed by atoms with Crippen molar-refractivity contribution in [2.24, 2.45) is 5.10 Å². The summed E-state index contributed by atoms with van der Waals surface area (Å²) in [6.45, 7) is 3.96. The SMILES string of the molecule is CCNCc1c(C2CC2)[nH]c(C=C2C(=O)NN=C2c2cnccn2)c1C1CC1. The van der Waals surface area contributed by atoms with Gasteiger partial charge in [0.15, 0.2) is 0 Å². The van der Waals surface area contributed by atoms with Gasteiger partial charge >= 0.3 is 0 Å². The van der Waals surface area contributed by atoms with Crippen LogP contribution in [-0.2, 0) is 11.3 Å². The van der Waals surface area contributed by atoms with Crippen LogP contribution in [0.1, 0.15) is 72.7 Å². The van der Waals surface area contributed by atoms with E-state index in [4.69, 9.17) is 0 Å². The van der Waals surface area contributed by atoms with E-state index in [0.29, 0.717) is 28.8 Å². The van der Waals surface area contributed by atoms with Crippen LogP contribution in [0.25, 0.3) is 6.08 Å². The number of hydrogen-bond donors (Lipinski definition) is 3. The first-order valence-corrected chi connectivity index (χ1v) is 10.1. The van der Waals surface area contributed by atoms with Crippen molar-refractivity contribution >= 4 is 17.7 Å². The van der Waals surface area contributed by atoms with Gasteiger partial charge in [-0.2, -0.15) is 5.10 Å². The number of hydrazone groups is 1. The lowest BCUT2D eigenvalue weighted by Gasteiger charge is -2.08. The van der Waals surface area contributed by atoms with Crippen molar-refractivity contribution in [3.05, 3.63) is 52.4 Å². The van der Waals surface area contributed by atoms with E-state index < -0.39 is 0 Å². The third kappa shape index (κ3) is 3.16. The molecule has 0 aromatic carbocycles. The second-order valence-electron chi connectivity index (χ2n) is 7.72. The van der Waals surface area contributed by atoms with Crippen LogP contribution >= 0.6 is 0 Å². The summed E-state index contributed by atoms with van der Waals surface area (Å²) in [4.78, 5) is 24.6. The van der Waals surface area contributed by atoms with E-state index in [1.807, 2.05) is 6.08 Å². The molecule has 2 saturated carbocycles. The van der Waals surface area contributed by atoms with Crippen LogP contribution in [0.3, 0.4) is 0 Å². The molecule has 1 aliphatic heterocycles. The lowest BCUT2D eigenvalue weighted by molar-refractivity contribution is -0.116. The minimum atomic E-state index is -0.196. The monoisotopic (exact) mass is 376 g/mol. The van der Waals surface area contributed by atoms with Gasteiger partial charge in [0, 0.05) is 30.3 Å². The van der Waals surface area contributed by atoms with Gasteiger partial charge in [0.05, 0.1) is 11.8 Å². The Morgan fingerprint density at radius 2 is 2.04 bits per heavy atom. The van der Waals surface area contributed by atoms with Crippen LogP contribution in [0, 0.1) is 0 Å². The molecule has 144 valence electrons. The molecule has 0 unspecified atom stereocenters. The first kappa shape index (κ1) is 17.3. The fourth-order valence-corrected chi connectivity index (χ4v) is 3.94. The van der Waals surface area contributed by atoms with E-state index in [2.05, 4.69) is 37.7 Å². The van der Waals surface area contributed by atoms with Gasteiger partial charge < -0.3 is 10.3 Å². The van der Waals surface area contributed by atoms with Crippen molar-refractivity contribution in [3.63, 3.8) is 0 Å². The Kier molecular flexibility index (Phi) is 4.31. The van der Waals surface area contributed by atoms with Gasteiger partial charge in [-0.3, -0.25) is 14.8 Å². The lowest BCUT2D eigenvalue weighted by Crippen LogP contribution is -2.14. The van der Waals surface area contributed by atoms with Crippen molar-refractivity contribution in [1.29, 1.82) is 0 Å². The van der Waals surface area contributed by atoms with Gasteiger partial charge in [0.2, 0.25) is 0 Å². The highest BCUT2D eigenvalue weighted by Gasteiger charge is 2.36. The molecule has 2 aromatic heterocycles. The number of H-pyrrole nitrogens is 1. The molecule has 0 saturated heterocycles. The summed E-state index contributed by atoms with van der Waals surface area (Å²) in [5, 5.41) is 7.70. The molecule has 2 aliphatic carbocycles. The number of aromatic nitrogens is 3. The van der Waals surface area contributed by atoms with Gasteiger partial charge in [0.1, 0.15) is 11.4 Å². The number of hydrogen-bond acceptors (Lipinski definition) is 5. The number of aromatic amines is 1. The standard InChI is InChI=1S/C21H24N6O/c1-2-22-10-15-18(12-3-4-12)16(25-19(15)13-5-6-13)9-14-20(26-27-21(14)28)17-11-23-7-8-24-17/h7-9,11-13,22,25H,2-6,10H2,1H3,(H,27,28). The van der Waals surface area contributed by atoms with Crippen LogP contribution in [-0.4, -0.2) is 33.1 Å². The number of rotatable bonds is 7. The van der Waals surface area contributed by atoms with Crippen molar-refractivity contribution in [2.45, 2.75) is 51.0 Å². The minimum absolute atomic E-state index is 0.196. The number of nitrogens with one attached hydrogen (secondary N) is 3. The summed E-state index contributed by atoms with van der Waals surface area (Å²) >= 11 is 0. The first-order valence-electron chi connectivity index (χ1n) is 10.1. The molecule has 1 amide bonds. The number of amides is 1. The molecule has 0 atom stereocenters. The van der Waals surface area contributed by atoms with Crippen LogP contribution < -0.4 is 10.7 Å². The highest BCUT2D eigenvalue weighted by Crippen LogP contribution is 2.49. The van der Waals surface area contributed by atoms with E-state index in [0.717, 1.165) is 18.8 Å². The molecule has 0 bridgehead atoms. The zero-order valence-electron chi connectivity index (χ0n) is 16.0. The number of nitrogens with zero attached hydrogens (tertiary/aromatic N) is 3. The summed E-state index contributed by atoms with van der Waals surface area (Å²) < 4.78 is 0. The van der Waals surface area contributed by atoms with Crippen molar-refractivity contribution in [1.82, 2.24) is 25.7 Å². The molecular formula is C21H24N6O. The molecule has 3 aliphatic rings. The highest BCUT2D eigenvalue weighted by molar-refractivity contribution is 6.32. The lowest BCUT2D eigenvalue weighted by atomic mass is 9.99. The second kappa shape index (κ2) is 6.98. The summed E-state index contributed by atoms with van der Waals surface area (Å²) in [6, 6.07) is 0. The van der Waals surface area contributed by atoms with E-state index in [1.54, 1.807) is 18.6 Å². The molecule has 7 heteroatoms. The summed E-state index contributed by atoms with van der Waals surface area (Å²) in [5.74, 6) is 1.02. The van der Waals surface area contributed by atoms with Crippen molar-refractivity contribution < 1.29 is 4.79 Å². The Morgan fingerprint density at radius 3 is 2.71 bits per heavy atom. The number of carbonyl (C=O) groups is 1. The van der Waals surface area contributed by atoms with E-state index in [9.17, 15) is 4.79 Å². The molecular weight excluding hydrogens is 352 g/mol. The normalized spacial score (nSPS) is 20.5. The van der Waals surface area contributed by atoms with Crippen LogP contribution in [0.4, 0.5) is 0 Å². The quantitative estimate of drug-likeness (QED) is 0.647. The van der Waals surface area contributed by atoms with Gasteiger partial charge in [-0.25, -0.2) is 5.43 Å². The van der Waals surface area contributed by atoms with Gasteiger partial charge in [-0.05, 0) is 61.3 Å². The fraction of sp³-hybridized carbons (Fsp3) is 0.429. The highest BCUT2D eigenvalue weighted by atomic mass is 16.2. The zero-order chi connectivity index (χ0) is 19.1. The van der Waals surface area contributed by atoms with E-state index >= 15 is 0 Å². The maximum Gasteiger partial charge on any atom is 0.273 e. The van der Waals surface area contributed by atoms with Gasteiger partial charge in [-0.15, -0.1) is 0 Å². The predicted octanol–water partition coefficient (Wildman–Crippen LogP) is 2.59. The van der Waals surface area contributed by atoms with E-state index in [-0.39, 0.29) is 5.91 Å². The minimum Gasteiger partial charge on any atom is -0.358 e. The average Bonchev–Trinajstić information content (AvgIpc) is 3.65. The largest absolute Gasteiger partial charge is 0.358 e. The first-order chi connectivity index (χ1) is 13.8. The third-order valence-corrected chi connectivity index (χ3v) is 5.60. The summed E-state index contributed by atoms with van der Waals surface area (Å²) in [6.07, 6.45) is 11.7. The molecule has 0 radical (unpaired) electrons. The van der Waals surface area contributed by atoms with Crippen molar-refractivity contribution in [3.8, 4) is 0 Å². The average molecular weight is 376 g/mol. The topological polar surface area (TPSA) is 95.1 Å². The molecule has 2 aromatic rings. The molecule has 5 rings (SSSR count).